The average molecular weight is 423 g/mol. The molecule has 0 aliphatic carbocycles. The van der Waals surface area contributed by atoms with E-state index in [1.54, 1.807) is 42.5 Å². The Morgan fingerprint density at radius 1 is 0.867 bits per heavy atom. The van der Waals surface area contributed by atoms with Crippen molar-refractivity contribution < 1.29 is 17.9 Å². The lowest BCUT2D eigenvalue weighted by Gasteiger charge is -2.09. The molecule has 0 radical (unpaired) electrons. The number of anilines is 2. The van der Waals surface area contributed by atoms with Gasteiger partial charge in [0, 0.05) is 17.5 Å². The summed E-state index contributed by atoms with van der Waals surface area (Å²) >= 11 is 0. The number of carbonyl (C=O) groups is 1. The Kier molecular flexibility index (Phi) is 6.54. The number of methoxy groups -OCH3 is 1. The topological polar surface area (TPSA) is 84.5 Å². The van der Waals surface area contributed by atoms with Crippen LogP contribution in [0.15, 0.2) is 83.8 Å². The zero-order chi connectivity index (χ0) is 21.6. The third-order valence-electron chi connectivity index (χ3n) is 4.28. The Morgan fingerprint density at radius 2 is 1.47 bits per heavy atom. The van der Waals surface area contributed by atoms with Crippen LogP contribution in [0.4, 0.5) is 11.4 Å². The van der Waals surface area contributed by atoms with Crippen LogP contribution in [0.25, 0.3) is 6.08 Å². The highest BCUT2D eigenvalue weighted by Gasteiger charge is 2.14. The maximum Gasteiger partial charge on any atom is 0.261 e. The van der Waals surface area contributed by atoms with Gasteiger partial charge >= 0.3 is 0 Å². The molecule has 0 spiro atoms. The normalized spacial score (nSPS) is 11.3. The van der Waals surface area contributed by atoms with Crippen molar-refractivity contribution in [2.24, 2.45) is 0 Å². The Labute approximate surface area is 176 Å². The number of carbonyl (C=O) groups excluding carboxylic acids is 1. The Morgan fingerprint density at radius 3 is 2.07 bits per heavy atom. The summed E-state index contributed by atoms with van der Waals surface area (Å²) in [5.41, 5.74) is 2.99. The Balaban J connectivity index is 1.63. The number of nitrogens with one attached hydrogen (secondary N) is 2. The smallest absolute Gasteiger partial charge is 0.261 e. The van der Waals surface area contributed by atoms with Crippen molar-refractivity contribution >= 4 is 33.4 Å². The first-order valence-corrected chi connectivity index (χ1v) is 10.7. The second-order valence-electron chi connectivity index (χ2n) is 6.59. The van der Waals surface area contributed by atoms with Gasteiger partial charge in [0.25, 0.3) is 10.0 Å². The molecular formula is C23H22N2O4S. The molecule has 0 aliphatic rings. The van der Waals surface area contributed by atoms with Gasteiger partial charge in [-0.15, -0.1) is 0 Å². The fourth-order valence-electron chi connectivity index (χ4n) is 2.62. The maximum atomic E-state index is 12.5. The minimum atomic E-state index is -3.75. The lowest BCUT2D eigenvalue weighted by molar-refractivity contribution is -0.111. The summed E-state index contributed by atoms with van der Waals surface area (Å²) in [6, 6.07) is 20.3. The highest BCUT2D eigenvalue weighted by molar-refractivity contribution is 7.92. The summed E-state index contributed by atoms with van der Waals surface area (Å²) in [4.78, 5) is 12.2. The number of sulfonamides is 1. The monoisotopic (exact) mass is 422 g/mol. The quantitative estimate of drug-likeness (QED) is 0.551. The van der Waals surface area contributed by atoms with E-state index in [-0.39, 0.29) is 10.8 Å². The third kappa shape index (κ3) is 5.71. The molecule has 0 aliphatic heterocycles. The molecule has 154 valence electrons. The molecule has 0 unspecified atom stereocenters. The van der Waals surface area contributed by atoms with Crippen LogP contribution in [-0.2, 0) is 14.8 Å². The van der Waals surface area contributed by atoms with E-state index >= 15 is 0 Å². The SMILES string of the molecule is COc1ccc(NS(=O)(=O)c2ccc(NC(=O)C=Cc3ccc(C)cc3)cc2)cc1. The number of ether oxygens (including phenoxy) is 1. The summed E-state index contributed by atoms with van der Waals surface area (Å²) in [5, 5.41) is 2.71. The molecule has 3 aromatic carbocycles. The number of rotatable bonds is 7. The van der Waals surface area contributed by atoms with Crippen molar-refractivity contribution in [1.29, 1.82) is 0 Å². The molecule has 0 saturated carbocycles. The van der Waals surface area contributed by atoms with Crippen molar-refractivity contribution in [2.75, 3.05) is 17.1 Å². The van der Waals surface area contributed by atoms with Crippen LogP contribution in [-0.4, -0.2) is 21.4 Å². The molecule has 7 heteroatoms. The molecular weight excluding hydrogens is 400 g/mol. The van der Waals surface area contributed by atoms with E-state index in [1.165, 1.54) is 25.3 Å². The summed E-state index contributed by atoms with van der Waals surface area (Å²) in [5.74, 6) is 0.331. The number of benzene rings is 3. The standard InChI is InChI=1S/C23H22N2O4S/c1-17-3-5-18(6-4-17)7-16-23(26)24-19-10-14-22(15-11-19)30(27,28)25-20-8-12-21(29-2)13-9-20/h3-16,25H,1-2H3,(H,24,26). The van der Waals surface area contributed by atoms with Gasteiger partial charge in [-0.1, -0.05) is 29.8 Å². The van der Waals surface area contributed by atoms with Gasteiger partial charge in [0.2, 0.25) is 5.91 Å². The molecule has 1 amide bonds. The van der Waals surface area contributed by atoms with Gasteiger partial charge in [-0.2, -0.15) is 0 Å². The molecule has 6 nitrogen and oxygen atoms in total. The second kappa shape index (κ2) is 9.28. The minimum absolute atomic E-state index is 0.0894. The van der Waals surface area contributed by atoms with Crippen molar-refractivity contribution in [1.82, 2.24) is 0 Å². The molecule has 2 N–H and O–H groups in total. The number of amides is 1. The Hall–Kier alpha value is -3.58. The van der Waals surface area contributed by atoms with Gasteiger partial charge in [0.1, 0.15) is 5.75 Å². The van der Waals surface area contributed by atoms with E-state index in [2.05, 4.69) is 10.0 Å². The van der Waals surface area contributed by atoms with Crippen molar-refractivity contribution in [2.45, 2.75) is 11.8 Å². The summed E-state index contributed by atoms with van der Waals surface area (Å²) < 4.78 is 32.6. The molecule has 0 bridgehead atoms. The second-order valence-corrected chi connectivity index (χ2v) is 8.27. The van der Waals surface area contributed by atoms with E-state index in [0.29, 0.717) is 17.1 Å². The van der Waals surface area contributed by atoms with Gasteiger partial charge < -0.3 is 10.1 Å². The molecule has 0 aromatic heterocycles. The molecule has 3 aromatic rings. The van der Waals surface area contributed by atoms with E-state index in [4.69, 9.17) is 4.74 Å². The van der Waals surface area contributed by atoms with Crippen molar-refractivity contribution in [3.63, 3.8) is 0 Å². The molecule has 0 saturated heterocycles. The van der Waals surface area contributed by atoms with Gasteiger partial charge in [-0.25, -0.2) is 8.42 Å². The van der Waals surface area contributed by atoms with E-state index in [1.807, 2.05) is 31.2 Å². The van der Waals surface area contributed by atoms with Crippen LogP contribution in [0.5, 0.6) is 5.75 Å². The number of hydrogen-bond donors (Lipinski definition) is 2. The van der Waals surface area contributed by atoms with E-state index < -0.39 is 10.0 Å². The van der Waals surface area contributed by atoms with Gasteiger partial charge in [-0.3, -0.25) is 9.52 Å². The van der Waals surface area contributed by atoms with Crippen LogP contribution in [0.1, 0.15) is 11.1 Å². The van der Waals surface area contributed by atoms with Gasteiger partial charge in [0.05, 0.1) is 12.0 Å². The first kappa shape index (κ1) is 21.1. The number of aryl methyl sites for hydroxylation is 1. The maximum absolute atomic E-state index is 12.5. The zero-order valence-corrected chi connectivity index (χ0v) is 17.4. The summed E-state index contributed by atoms with van der Waals surface area (Å²) in [6.45, 7) is 2.00. The van der Waals surface area contributed by atoms with Crippen molar-refractivity contribution in [3.05, 3.63) is 90.0 Å². The van der Waals surface area contributed by atoms with Crippen LogP contribution in [0, 0.1) is 6.92 Å². The molecule has 30 heavy (non-hydrogen) atoms. The highest BCUT2D eigenvalue weighted by atomic mass is 32.2. The van der Waals surface area contributed by atoms with Gasteiger partial charge in [-0.05, 0) is 67.1 Å². The van der Waals surface area contributed by atoms with Crippen LogP contribution >= 0.6 is 0 Å². The lowest BCUT2D eigenvalue weighted by Crippen LogP contribution is -2.13. The van der Waals surface area contributed by atoms with Crippen LogP contribution < -0.4 is 14.8 Å². The molecule has 3 rings (SSSR count). The first-order valence-electron chi connectivity index (χ1n) is 9.18. The average Bonchev–Trinajstić information content (AvgIpc) is 2.74. The van der Waals surface area contributed by atoms with E-state index in [0.717, 1.165) is 11.1 Å². The third-order valence-corrected chi connectivity index (χ3v) is 5.68. The highest BCUT2D eigenvalue weighted by Crippen LogP contribution is 2.20. The predicted octanol–water partition coefficient (Wildman–Crippen LogP) is 4.46. The largest absolute Gasteiger partial charge is 0.497 e. The fraction of sp³-hybridized carbons (Fsp3) is 0.0870. The Bertz CT molecular complexity index is 1140. The number of hydrogen-bond acceptors (Lipinski definition) is 4. The summed E-state index contributed by atoms with van der Waals surface area (Å²) in [7, 11) is -2.21. The van der Waals surface area contributed by atoms with Crippen LogP contribution in [0.2, 0.25) is 0 Å². The molecule has 0 fully saturated rings. The minimum Gasteiger partial charge on any atom is -0.497 e. The van der Waals surface area contributed by atoms with E-state index in [9.17, 15) is 13.2 Å². The molecule has 0 heterocycles. The lowest BCUT2D eigenvalue weighted by atomic mass is 10.1. The van der Waals surface area contributed by atoms with Crippen molar-refractivity contribution in [3.8, 4) is 5.75 Å². The summed E-state index contributed by atoms with van der Waals surface area (Å²) in [6.07, 6.45) is 3.15. The molecule has 0 atom stereocenters. The predicted molar refractivity (Wildman–Crippen MR) is 119 cm³/mol. The van der Waals surface area contributed by atoms with Gasteiger partial charge in [0.15, 0.2) is 0 Å². The zero-order valence-electron chi connectivity index (χ0n) is 16.6. The van der Waals surface area contributed by atoms with Crippen LogP contribution in [0.3, 0.4) is 0 Å². The first-order chi connectivity index (χ1) is 14.4. The fourth-order valence-corrected chi connectivity index (χ4v) is 3.68.